The van der Waals surface area contributed by atoms with Gasteiger partial charge in [0.2, 0.25) is 15.9 Å². The van der Waals surface area contributed by atoms with Crippen LogP contribution in [0.3, 0.4) is 0 Å². The Balaban J connectivity index is 1.49. The number of ether oxygens (including phenoxy) is 1. The second-order valence-electron chi connectivity index (χ2n) is 7.39. The van der Waals surface area contributed by atoms with Gasteiger partial charge in [0.25, 0.3) is 0 Å². The van der Waals surface area contributed by atoms with Crippen LogP contribution in [0.15, 0.2) is 29.2 Å². The van der Waals surface area contributed by atoms with Crippen molar-refractivity contribution < 1.29 is 17.9 Å². The molecule has 1 aromatic carbocycles. The van der Waals surface area contributed by atoms with E-state index in [0.717, 1.165) is 18.4 Å². The highest BCUT2D eigenvalue weighted by atomic mass is 32.2. The lowest BCUT2D eigenvalue weighted by Crippen LogP contribution is -2.67. The largest absolute Gasteiger partial charge is 0.370 e. The molecule has 0 spiro atoms. The van der Waals surface area contributed by atoms with E-state index >= 15 is 0 Å². The highest BCUT2D eigenvalue weighted by Gasteiger charge is 2.46. The van der Waals surface area contributed by atoms with Gasteiger partial charge in [-0.15, -0.1) is 0 Å². The Morgan fingerprint density at radius 3 is 2.58 bits per heavy atom. The van der Waals surface area contributed by atoms with Crippen molar-refractivity contribution in [3.05, 3.63) is 29.8 Å². The molecule has 0 bridgehead atoms. The van der Waals surface area contributed by atoms with Crippen molar-refractivity contribution in [2.24, 2.45) is 0 Å². The number of rotatable bonds is 6. The molecule has 2 fully saturated rings. The Kier molecular flexibility index (Phi) is 5.67. The zero-order chi connectivity index (χ0) is 18.9. The molecular formula is C18H27N3O4S. The van der Waals surface area contributed by atoms with E-state index in [-0.39, 0.29) is 35.6 Å². The summed E-state index contributed by atoms with van der Waals surface area (Å²) in [6, 6.07) is 6.91. The van der Waals surface area contributed by atoms with Crippen LogP contribution < -0.4 is 4.72 Å². The van der Waals surface area contributed by atoms with Crippen LogP contribution in [-0.2, 0) is 19.6 Å². The monoisotopic (exact) mass is 381 g/mol. The molecule has 1 aromatic rings. The SMILES string of the molecule is Cc1ccc(S(=O)(=O)NC[C@@H]2CC[C@@H]3[C@@H](CN3C(=O)CN(C)C)O2)cc1. The second-order valence-corrected chi connectivity index (χ2v) is 9.16. The van der Waals surface area contributed by atoms with Gasteiger partial charge < -0.3 is 14.5 Å². The smallest absolute Gasteiger partial charge is 0.240 e. The van der Waals surface area contributed by atoms with Crippen LogP contribution in [-0.4, -0.2) is 76.1 Å². The minimum absolute atomic E-state index is 0.0174. The number of aryl methyl sites for hydroxylation is 1. The molecule has 1 N–H and O–H groups in total. The van der Waals surface area contributed by atoms with Crippen LogP contribution in [0.1, 0.15) is 18.4 Å². The van der Waals surface area contributed by atoms with E-state index in [1.807, 2.05) is 30.8 Å². The summed E-state index contributed by atoms with van der Waals surface area (Å²) < 4.78 is 33.4. The highest BCUT2D eigenvalue weighted by Crippen LogP contribution is 2.32. The van der Waals surface area contributed by atoms with Crippen LogP contribution in [0, 0.1) is 6.92 Å². The van der Waals surface area contributed by atoms with Gasteiger partial charge in [-0.1, -0.05) is 17.7 Å². The van der Waals surface area contributed by atoms with Crippen molar-refractivity contribution in [2.75, 3.05) is 33.7 Å². The van der Waals surface area contributed by atoms with E-state index in [1.54, 1.807) is 24.3 Å². The summed E-state index contributed by atoms with van der Waals surface area (Å²) in [6.45, 7) is 3.17. The van der Waals surface area contributed by atoms with Gasteiger partial charge in [-0.25, -0.2) is 13.1 Å². The van der Waals surface area contributed by atoms with Crippen LogP contribution in [0.2, 0.25) is 0 Å². The van der Waals surface area contributed by atoms with E-state index in [9.17, 15) is 13.2 Å². The fraction of sp³-hybridized carbons (Fsp3) is 0.611. The number of likely N-dealkylation sites (tertiary alicyclic amines) is 1. The summed E-state index contributed by atoms with van der Waals surface area (Å²) in [5, 5.41) is 0. The first-order valence-corrected chi connectivity index (χ1v) is 10.4. The number of likely N-dealkylation sites (N-methyl/N-ethyl adjacent to an activating group) is 1. The Hall–Kier alpha value is -1.48. The van der Waals surface area contributed by atoms with Crippen molar-refractivity contribution in [1.82, 2.24) is 14.5 Å². The molecule has 2 aliphatic rings. The molecule has 0 aliphatic carbocycles. The Morgan fingerprint density at radius 2 is 1.96 bits per heavy atom. The summed E-state index contributed by atoms with van der Waals surface area (Å²) >= 11 is 0. The van der Waals surface area contributed by atoms with Crippen molar-refractivity contribution in [2.45, 2.75) is 42.9 Å². The van der Waals surface area contributed by atoms with Crippen LogP contribution in [0.25, 0.3) is 0 Å². The number of nitrogens with one attached hydrogen (secondary N) is 1. The number of fused-ring (bicyclic) bond motifs is 1. The molecule has 26 heavy (non-hydrogen) atoms. The molecular weight excluding hydrogens is 354 g/mol. The number of nitrogens with zero attached hydrogens (tertiary/aromatic N) is 2. The minimum atomic E-state index is -3.53. The third kappa shape index (κ3) is 4.25. The molecule has 0 saturated carbocycles. The molecule has 0 radical (unpaired) electrons. The average molecular weight is 381 g/mol. The number of hydrogen-bond donors (Lipinski definition) is 1. The van der Waals surface area contributed by atoms with Gasteiger partial charge in [-0.3, -0.25) is 4.79 Å². The molecule has 144 valence electrons. The van der Waals surface area contributed by atoms with E-state index in [1.165, 1.54) is 0 Å². The fourth-order valence-electron chi connectivity index (χ4n) is 3.46. The predicted molar refractivity (Wildman–Crippen MR) is 98.3 cm³/mol. The summed E-state index contributed by atoms with van der Waals surface area (Å²) in [4.78, 5) is 16.1. The molecule has 2 aliphatic heterocycles. The predicted octanol–water partition coefficient (Wildman–Crippen LogP) is 0.593. The molecule has 3 rings (SSSR count). The van der Waals surface area contributed by atoms with Crippen molar-refractivity contribution in [3.8, 4) is 0 Å². The second kappa shape index (κ2) is 7.64. The topological polar surface area (TPSA) is 79.0 Å². The number of carbonyl (C=O) groups is 1. The molecule has 7 nitrogen and oxygen atoms in total. The van der Waals surface area contributed by atoms with Gasteiger partial charge in [0.15, 0.2) is 0 Å². The molecule has 2 heterocycles. The summed E-state index contributed by atoms with van der Waals surface area (Å²) in [7, 11) is 0.228. The molecule has 8 heteroatoms. The Bertz CT molecular complexity index is 748. The molecule has 0 unspecified atom stereocenters. The van der Waals surface area contributed by atoms with E-state index < -0.39 is 10.0 Å². The van der Waals surface area contributed by atoms with Crippen LogP contribution in [0.4, 0.5) is 0 Å². The van der Waals surface area contributed by atoms with Gasteiger partial charge in [0.05, 0.1) is 29.7 Å². The summed E-state index contributed by atoms with van der Waals surface area (Å²) in [5.41, 5.74) is 1.02. The average Bonchev–Trinajstić information content (AvgIpc) is 2.54. The lowest BCUT2D eigenvalue weighted by atomic mass is 9.89. The zero-order valence-corrected chi connectivity index (χ0v) is 16.3. The van der Waals surface area contributed by atoms with E-state index in [2.05, 4.69) is 4.72 Å². The molecule has 1 amide bonds. The van der Waals surface area contributed by atoms with Crippen molar-refractivity contribution in [1.29, 1.82) is 0 Å². The number of hydrogen-bond acceptors (Lipinski definition) is 5. The Labute approximate surface area is 155 Å². The summed E-state index contributed by atoms with van der Waals surface area (Å²) in [5.74, 6) is 0.123. The summed E-state index contributed by atoms with van der Waals surface area (Å²) in [6.07, 6.45) is 1.45. The van der Waals surface area contributed by atoms with Crippen LogP contribution >= 0.6 is 0 Å². The molecule has 0 aromatic heterocycles. The molecule has 3 atom stereocenters. The number of carbonyl (C=O) groups excluding carboxylic acids is 1. The number of benzene rings is 1. The van der Waals surface area contributed by atoms with Gasteiger partial charge in [0, 0.05) is 13.1 Å². The zero-order valence-electron chi connectivity index (χ0n) is 15.5. The maximum atomic E-state index is 12.4. The maximum Gasteiger partial charge on any atom is 0.240 e. The van der Waals surface area contributed by atoms with Crippen LogP contribution in [0.5, 0.6) is 0 Å². The number of sulfonamides is 1. The van der Waals surface area contributed by atoms with Gasteiger partial charge >= 0.3 is 0 Å². The van der Waals surface area contributed by atoms with Gasteiger partial charge in [0.1, 0.15) is 0 Å². The first-order chi connectivity index (χ1) is 12.3. The van der Waals surface area contributed by atoms with Gasteiger partial charge in [-0.2, -0.15) is 0 Å². The van der Waals surface area contributed by atoms with E-state index in [4.69, 9.17) is 4.74 Å². The maximum absolute atomic E-state index is 12.4. The first-order valence-electron chi connectivity index (χ1n) is 8.92. The fourth-order valence-corrected chi connectivity index (χ4v) is 4.53. The van der Waals surface area contributed by atoms with Gasteiger partial charge in [-0.05, 0) is 46.0 Å². The third-order valence-corrected chi connectivity index (χ3v) is 6.40. The van der Waals surface area contributed by atoms with Crippen molar-refractivity contribution >= 4 is 15.9 Å². The first kappa shape index (κ1) is 19.3. The lowest BCUT2D eigenvalue weighted by molar-refractivity contribution is -0.181. The quantitative estimate of drug-likeness (QED) is 0.780. The normalized spacial score (nSPS) is 25.7. The van der Waals surface area contributed by atoms with E-state index in [0.29, 0.717) is 13.1 Å². The molecule has 2 saturated heterocycles. The standard InChI is InChI=1S/C18H27N3O4S/c1-13-4-7-15(8-5-13)26(23,24)19-10-14-6-9-16-17(25-14)11-21(16)18(22)12-20(2)3/h4-5,7-8,14,16-17,19H,6,9-12H2,1-3H3/t14-,16+,17+/m0/s1. The third-order valence-electron chi connectivity index (χ3n) is 4.96. The lowest BCUT2D eigenvalue weighted by Gasteiger charge is -2.52. The van der Waals surface area contributed by atoms with Crippen molar-refractivity contribution in [3.63, 3.8) is 0 Å². The Morgan fingerprint density at radius 1 is 1.27 bits per heavy atom. The number of amides is 1. The minimum Gasteiger partial charge on any atom is -0.370 e. The highest BCUT2D eigenvalue weighted by molar-refractivity contribution is 7.89.